The zero-order chi connectivity index (χ0) is 25.7. The maximum Gasteiger partial charge on any atom is 0.143 e. The van der Waals surface area contributed by atoms with Crippen LogP contribution in [-0.2, 0) is 5.60 Å². The Morgan fingerprint density at radius 1 is 0.526 bits per heavy atom. The molecule has 0 amide bonds. The first-order valence-electron chi connectivity index (χ1n) is 12.7. The number of rotatable bonds is 4. The van der Waals surface area contributed by atoms with E-state index in [4.69, 9.17) is 0 Å². The van der Waals surface area contributed by atoms with Crippen LogP contribution < -0.4 is 4.90 Å². The molecule has 0 saturated carbocycles. The summed E-state index contributed by atoms with van der Waals surface area (Å²) >= 11 is 3.80. The molecule has 7 rings (SSSR count). The molecule has 1 N–H and O–H groups in total. The minimum Gasteiger partial charge on any atom is -0.376 e. The summed E-state index contributed by atoms with van der Waals surface area (Å²) in [5.41, 5.74) is 6.34. The zero-order valence-corrected chi connectivity index (χ0v) is 22.1. The largest absolute Gasteiger partial charge is 0.376 e. The predicted octanol–water partition coefficient (Wildman–Crippen LogP) is 9.34. The fraction of sp³-hybridized carbons (Fsp3) is 0.0286. The number of hydrogen-bond acceptors (Lipinski definition) is 2. The molecule has 3 heteroatoms. The summed E-state index contributed by atoms with van der Waals surface area (Å²) in [5.74, 6) is 0. The first-order valence-corrected chi connectivity index (χ1v) is 13.5. The highest BCUT2D eigenvalue weighted by atomic mass is 79.9. The van der Waals surface area contributed by atoms with Crippen molar-refractivity contribution >= 4 is 43.8 Å². The number of anilines is 3. The van der Waals surface area contributed by atoms with Crippen molar-refractivity contribution < 1.29 is 5.11 Å². The molecule has 0 heterocycles. The van der Waals surface area contributed by atoms with Gasteiger partial charge in [-0.2, -0.15) is 0 Å². The van der Waals surface area contributed by atoms with Crippen molar-refractivity contribution in [1.82, 2.24) is 0 Å². The topological polar surface area (TPSA) is 23.5 Å². The van der Waals surface area contributed by atoms with E-state index in [1.807, 2.05) is 60.7 Å². The fourth-order valence-corrected chi connectivity index (χ4v) is 6.42. The molecular weight excluding hydrogens is 530 g/mol. The molecule has 1 aliphatic carbocycles. The van der Waals surface area contributed by atoms with Crippen molar-refractivity contribution in [2.45, 2.75) is 5.60 Å². The Balaban J connectivity index is 1.55. The van der Waals surface area contributed by atoms with Crippen molar-refractivity contribution in [2.24, 2.45) is 0 Å². The van der Waals surface area contributed by atoms with Crippen molar-refractivity contribution in [3.8, 4) is 11.1 Å². The summed E-state index contributed by atoms with van der Waals surface area (Å²) in [5, 5.41) is 15.3. The van der Waals surface area contributed by atoms with Gasteiger partial charge in [0, 0.05) is 38.1 Å². The fourth-order valence-electron chi connectivity index (χ4n) is 5.84. The molecule has 1 aliphatic rings. The normalized spacial score (nSPS) is 15.7. The summed E-state index contributed by atoms with van der Waals surface area (Å²) < 4.78 is 0.975. The standard InChI is InChI=1S/C35H24BrNO/c36-32-20-11-19-30-34(32)28-22-24-12-7-8-13-25(24)23-31(28)35(30,38)29-18-9-10-21-33(29)37(26-14-3-1-4-15-26)27-16-5-2-6-17-27/h1-23,38H. The van der Waals surface area contributed by atoms with Crippen LogP contribution in [-0.4, -0.2) is 5.11 Å². The van der Waals surface area contributed by atoms with Gasteiger partial charge in [0.2, 0.25) is 0 Å². The Bertz CT molecular complexity index is 1760. The highest BCUT2D eigenvalue weighted by Gasteiger charge is 2.46. The first-order chi connectivity index (χ1) is 18.7. The second-order valence-electron chi connectivity index (χ2n) is 9.64. The van der Waals surface area contributed by atoms with Gasteiger partial charge >= 0.3 is 0 Å². The van der Waals surface area contributed by atoms with E-state index in [0.29, 0.717) is 0 Å². The van der Waals surface area contributed by atoms with Gasteiger partial charge in [0.25, 0.3) is 0 Å². The molecule has 0 aromatic heterocycles. The highest BCUT2D eigenvalue weighted by molar-refractivity contribution is 9.10. The van der Waals surface area contributed by atoms with Crippen LogP contribution in [0.25, 0.3) is 21.9 Å². The number of benzene rings is 6. The lowest BCUT2D eigenvalue weighted by Crippen LogP contribution is -2.28. The third-order valence-electron chi connectivity index (χ3n) is 7.51. The predicted molar refractivity (Wildman–Crippen MR) is 160 cm³/mol. The minimum atomic E-state index is -1.35. The van der Waals surface area contributed by atoms with Crippen molar-refractivity contribution in [2.75, 3.05) is 4.90 Å². The van der Waals surface area contributed by atoms with Gasteiger partial charge in [-0.25, -0.2) is 0 Å². The van der Waals surface area contributed by atoms with Gasteiger partial charge in [-0.1, -0.05) is 107 Å². The van der Waals surface area contributed by atoms with Crippen LogP contribution in [0.5, 0.6) is 0 Å². The second-order valence-corrected chi connectivity index (χ2v) is 10.5. The molecule has 0 saturated heterocycles. The Labute approximate surface area is 230 Å². The average Bonchev–Trinajstić information content (AvgIpc) is 3.22. The van der Waals surface area contributed by atoms with E-state index in [1.165, 1.54) is 0 Å². The molecule has 0 spiro atoms. The van der Waals surface area contributed by atoms with Crippen LogP contribution in [0, 0.1) is 0 Å². The highest BCUT2D eigenvalue weighted by Crippen LogP contribution is 2.56. The summed E-state index contributed by atoms with van der Waals surface area (Å²) in [6, 6.07) is 47.7. The van der Waals surface area contributed by atoms with Crippen LogP contribution in [0.4, 0.5) is 17.1 Å². The van der Waals surface area contributed by atoms with Crippen LogP contribution in [0.15, 0.2) is 144 Å². The molecule has 2 nitrogen and oxygen atoms in total. The van der Waals surface area contributed by atoms with Crippen molar-refractivity contribution in [3.05, 3.63) is 161 Å². The molecule has 1 unspecified atom stereocenters. The van der Waals surface area contributed by atoms with E-state index in [-0.39, 0.29) is 0 Å². The lowest BCUT2D eigenvalue weighted by molar-refractivity contribution is 0.131. The van der Waals surface area contributed by atoms with Crippen LogP contribution in [0.3, 0.4) is 0 Å². The van der Waals surface area contributed by atoms with Gasteiger partial charge in [0.05, 0.1) is 5.69 Å². The molecule has 0 fully saturated rings. The van der Waals surface area contributed by atoms with Crippen LogP contribution in [0.1, 0.15) is 16.7 Å². The van der Waals surface area contributed by atoms with Crippen LogP contribution in [0.2, 0.25) is 0 Å². The monoisotopic (exact) mass is 553 g/mol. The molecule has 0 radical (unpaired) electrons. The summed E-state index contributed by atoms with van der Waals surface area (Å²) in [4.78, 5) is 2.23. The van der Waals surface area contributed by atoms with Crippen molar-refractivity contribution in [3.63, 3.8) is 0 Å². The van der Waals surface area contributed by atoms with E-state index in [2.05, 4.69) is 99.7 Å². The third-order valence-corrected chi connectivity index (χ3v) is 8.17. The van der Waals surface area contributed by atoms with E-state index in [0.717, 1.165) is 60.1 Å². The lowest BCUT2D eigenvalue weighted by Gasteiger charge is -2.34. The number of halogens is 1. The number of nitrogens with zero attached hydrogens (tertiary/aromatic N) is 1. The SMILES string of the molecule is OC1(c2ccccc2N(c2ccccc2)c2ccccc2)c2cc3ccccc3cc2-c2c(Br)cccc21. The van der Waals surface area contributed by atoms with E-state index < -0.39 is 5.60 Å². The van der Waals surface area contributed by atoms with E-state index >= 15 is 0 Å². The quantitative estimate of drug-likeness (QED) is 0.235. The molecule has 182 valence electrons. The lowest BCUT2D eigenvalue weighted by atomic mass is 9.82. The molecular formula is C35H24BrNO. The van der Waals surface area contributed by atoms with Gasteiger partial charge in [-0.05, 0) is 64.9 Å². The molecule has 6 aromatic carbocycles. The number of aliphatic hydroxyl groups is 1. The van der Waals surface area contributed by atoms with Gasteiger partial charge < -0.3 is 10.0 Å². The van der Waals surface area contributed by atoms with Gasteiger partial charge in [0.1, 0.15) is 5.60 Å². The van der Waals surface area contributed by atoms with Crippen molar-refractivity contribution in [1.29, 1.82) is 0 Å². The number of hydrogen-bond donors (Lipinski definition) is 1. The number of para-hydroxylation sites is 3. The Morgan fingerprint density at radius 2 is 1.08 bits per heavy atom. The maximum atomic E-state index is 13.0. The van der Waals surface area contributed by atoms with Gasteiger partial charge in [-0.15, -0.1) is 0 Å². The van der Waals surface area contributed by atoms with Gasteiger partial charge in [-0.3, -0.25) is 0 Å². The summed E-state index contributed by atoms with van der Waals surface area (Å²) in [7, 11) is 0. The second kappa shape index (κ2) is 8.98. The molecule has 6 aromatic rings. The number of fused-ring (bicyclic) bond motifs is 4. The minimum absolute atomic E-state index is 0.834. The van der Waals surface area contributed by atoms with Crippen LogP contribution >= 0.6 is 15.9 Å². The Morgan fingerprint density at radius 3 is 1.76 bits per heavy atom. The molecule has 0 bridgehead atoms. The van der Waals surface area contributed by atoms with E-state index in [9.17, 15) is 5.11 Å². The third kappa shape index (κ3) is 3.43. The van der Waals surface area contributed by atoms with Gasteiger partial charge in [0.15, 0.2) is 0 Å². The summed E-state index contributed by atoms with van der Waals surface area (Å²) in [6.07, 6.45) is 0. The zero-order valence-electron chi connectivity index (χ0n) is 20.6. The first kappa shape index (κ1) is 23.0. The molecule has 38 heavy (non-hydrogen) atoms. The summed E-state index contributed by atoms with van der Waals surface area (Å²) in [6.45, 7) is 0. The Kier molecular flexibility index (Phi) is 5.43. The molecule has 1 atom stereocenters. The Hall–Kier alpha value is -4.18. The van der Waals surface area contributed by atoms with E-state index in [1.54, 1.807) is 0 Å². The molecule has 0 aliphatic heterocycles. The maximum absolute atomic E-state index is 13.0. The average molecular weight is 554 g/mol. The smallest absolute Gasteiger partial charge is 0.143 e.